The van der Waals surface area contributed by atoms with Crippen LogP contribution in [0.1, 0.15) is 40.0 Å². The van der Waals surface area contributed by atoms with Gasteiger partial charge >= 0.3 is 0 Å². The summed E-state index contributed by atoms with van der Waals surface area (Å²) in [5, 5.41) is 1.15. The van der Waals surface area contributed by atoms with Crippen LogP contribution in [0.15, 0.2) is 0 Å². The smallest absolute Gasteiger partial charge is 0.0153 e. The zero-order valence-corrected chi connectivity index (χ0v) is 10.7. The lowest BCUT2D eigenvalue weighted by molar-refractivity contribution is 0.152. The second-order valence-corrected chi connectivity index (χ2v) is 5.44. The zero-order chi connectivity index (χ0) is 9.90. The van der Waals surface area contributed by atoms with E-state index in [1.165, 1.54) is 32.4 Å². The summed E-state index contributed by atoms with van der Waals surface area (Å²) in [6.45, 7) is 9.61. The number of nitrogens with zero attached hydrogens (tertiary/aromatic N) is 1. The van der Waals surface area contributed by atoms with Crippen LogP contribution >= 0.6 is 15.9 Å². The van der Waals surface area contributed by atoms with E-state index in [0.717, 1.165) is 11.2 Å². The Kier molecular flexibility index (Phi) is 4.24. The van der Waals surface area contributed by atoms with E-state index in [0.29, 0.717) is 5.54 Å². The molecule has 1 fully saturated rings. The molecule has 0 aliphatic carbocycles. The van der Waals surface area contributed by atoms with Crippen molar-refractivity contribution in [2.24, 2.45) is 5.92 Å². The first kappa shape index (κ1) is 11.5. The predicted molar refractivity (Wildman–Crippen MR) is 62.5 cm³/mol. The SMILES string of the molecule is CCC(CBr)CN1CCCC1(C)C. The van der Waals surface area contributed by atoms with Gasteiger partial charge in [0.15, 0.2) is 0 Å². The molecule has 1 rings (SSSR count). The van der Waals surface area contributed by atoms with Gasteiger partial charge in [0.25, 0.3) is 0 Å². The first-order valence-electron chi connectivity index (χ1n) is 5.41. The van der Waals surface area contributed by atoms with Gasteiger partial charge in [0, 0.05) is 17.4 Å². The summed E-state index contributed by atoms with van der Waals surface area (Å²) in [6, 6.07) is 0. The molecule has 1 unspecified atom stereocenters. The fourth-order valence-electron chi connectivity index (χ4n) is 2.10. The van der Waals surface area contributed by atoms with Crippen molar-refractivity contribution < 1.29 is 0 Å². The van der Waals surface area contributed by atoms with Gasteiger partial charge in [-0.2, -0.15) is 0 Å². The molecule has 1 aliphatic rings. The molecule has 0 aromatic carbocycles. The van der Waals surface area contributed by atoms with Crippen molar-refractivity contribution in [1.82, 2.24) is 4.90 Å². The van der Waals surface area contributed by atoms with Gasteiger partial charge in [-0.15, -0.1) is 0 Å². The van der Waals surface area contributed by atoms with E-state index in [-0.39, 0.29) is 0 Å². The van der Waals surface area contributed by atoms with Gasteiger partial charge in [-0.05, 0) is 39.2 Å². The molecular formula is C11H22BrN. The molecule has 1 aliphatic heterocycles. The van der Waals surface area contributed by atoms with Gasteiger partial charge in [-0.3, -0.25) is 4.90 Å². The second-order valence-electron chi connectivity index (χ2n) is 4.79. The zero-order valence-electron chi connectivity index (χ0n) is 9.15. The molecule has 0 radical (unpaired) electrons. The van der Waals surface area contributed by atoms with Crippen LogP contribution in [0.2, 0.25) is 0 Å². The Balaban J connectivity index is 2.43. The highest BCUT2D eigenvalue weighted by Crippen LogP contribution is 2.29. The molecule has 0 spiro atoms. The lowest BCUT2D eigenvalue weighted by Gasteiger charge is -2.33. The van der Waals surface area contributed by atoms with E-state index in [4.69, 9.17) is 0 Å². The minimum absolute atomic E-state index is 0.454. The predicted octanol–water partition coefficient (Wildman–Crippen LogP) is 3.28. The summed E-state index contributed by atoms with van der Waals surface area (Å²) < 4.78 is 0. The average molecular weight is 248 g/mol. The lowest BCUT2D eigenvalue weighted by atomic mass is 10.0. The summed E-state index contributed by atoms with van der Waals surface area (Å²) in [4.78, 5) is 2.66. The topological polar surface area (TPSA) is 3.24 Å². The van der Waals surface area contributed by atoms with Crippen LogP contribution in [0.3, 0.4) is 0 Å². The third kappa shape index (κ3) is 2.95. The van der Waals surface area contributed by atoms with E-state index < -0.39 is 0 Å². The minimum Gasteiger partial charge on any atom is -0.298 e. The van der Waals surface area contributed by atoms with E-state index >= 15 is 0 Å². The fraction of sp³-hybridized carbons (Fsp3) is 1.00. The Morgan fingerprint density at radius 3 is 2.54 bits per heavy atom. The molecule has 0 aromatic heterocycles. The van der Waals surface area contributed by atoms with Crippen molar-refractivity contribution in [3.63, 3.8) is 0 Å². The summed E-state index contributed by atoms with van der Waals surface area (Å²) >= 11 is 3.59. The quantitative estimate of drug-likeness (QED) is 0.690. The van der Waals surface area contributed by atoms with Crippen LogP contribution in [0.5, 0.6) is 0 Å². The van der Waals surface area contributed by atoms with Crippen molar-refractivity contribution in [2.45, 2.75) is 45.6 Å². The van der Waals surface area contributed by atoms with Crippen molar-refractivity contribution >= 4 is 15.9 Å². The first-order valence-corrected chi connectivity index (χ1v) is 6.53. The monoisotopic (exact) mass is 247 g/mol. The molecule has 1 nitrogen and oxygen atoms in total. The average Bonchev–Trinajstić information content (AvgIpc) is 2.41. The van der Waals surface area contributed by atoms with Crippen LogP contribution in [-0.4, -0.2) is 28.9 Å². The Morgan fingerprint density at radius 1 is 1.46 bits per heavy atom. The maximum absolute atomic E-state index is 3.59. The number of hydrogen-bond acceptors (Lipinski definition) is 1. The van der Waals surface area contributed by atoms with Crippen LogP contribution in [0.4, 0.5) is 0 Å². The molecule has 0 aromatic rings. The number of rotatable bonds is 4. The number of halogens is 1. The fourth-order valence-corrected chi connectivity index (χ4v) is 2.76. The summed E-state index contributed by atoms with van der Waals surface area (Å²) in [5.41, 5.74) is 0.454. The summed E-state index contributed by atoms with van der Waals surface area (Å²) in [6.07, 6.45) is 4.04. The van der Waals surface area contributed by atoms with Crippen molar-refractivity contribution in [3.8, 4) is 0 Å². The maximum Gasteiger partial charge on any atom is 0.0153 e. The van der Waals surface area contributed by atoms with Gasteiger partial charge in [-0.25, -0.2) is 0 Å². The Labute approximate surface area is 91.0 Å². The van der Waals surface area contributed by atoms with E-state index in [2.05, 4.69) is 41.6 Å². The van der Waals surface area contributed by atoms with Crippen LogP contribution in [-0.2, 0) is 0 Å². The third-order valence-electron chi connectivity index (χ3n) is 3.35. The van der Waals surface area contributed by atoms with Crippen LogP contribution in [0, 0.1) is 5.92 Å². The molecule has 78 valence electrons. The highest BCUT2D eigenvalue weighted by Gasteiger charge is 2.32. The number of hydrogen-bond donors (Lipinski definition) is 0. The molecule has 2 heteroatoms. The molecule has 0 bridgehead atoms. The van der Waals surface area contributed by atoms with Gasteiger partial charge in [0.05, 0.1) is 0 Å². The highest BCUT2D eigenvalue weighted by molar-refractivity contribution is 9.09. The summed E-state index contributed by atoms with van der Waals surface area (Å²) in [7, 11) is 0. The minimum atomic E-state index is 0.454. The molecule has 0 N–H and O–H groups in total. The highest BCUT2D eigenvalue weighted by atomic mass is 79.9. The van der Waals surface area contributed by atoms with Crippen molar-refractivity contribution in [3.05, 3.63) is 0 Å². The van der Waals surface area contributed by atoms with Gasteiger partial charge in [-0.1, -0.05) is 29.3 Å². The van der Waals surface area contributed by atoms with Crippen molar-refractivity contribution in [1.29, 1.82) is 0 Å². The first-order chi connectivity index (χ1) is 6.10. The molecular weight excluding hydrogens is 226 g/mol. The standard InChI is InChI=1S/C11H22BrN/c1-4-10(8-12)9-13-7-5-6-11(13,2)3/h10H,4-9H2,1-3H3. The van der Waals surface area contributed by atoms with Crippen molar-refractivity contribution in [2.75, 3.05) is 18.4 Å². The van der Waals surface area contributed by atoms with Gasteiger partial charge < -0.3 is 0 Å². The Morgan fingerprint density at radius 2 is 2.15 bits per heavy atom. The molecule has 13 heavy (non-hydrogen) atoms. The normalized spacial score (nSPS) is 24.9. The van der Waals surface area contributed by atoms with Crippen LogP contribution in [0.25, 0.3) is 0 Å². The van der Waals surface area contributed by atoms with Crippen LogP contribution < -0.4 is 0 Å². The van der Waals surface area contributed by atoms with E-state index in [9.17, 15) is 0 Å². The number of alkyl halides is 1. The van der Waals surface area contributed by atoms with Gasteiger partial charge in [0.2, 0.25) is 0 Å². The number of likely N-dealkylation sites (tertiary alicyclic amines) is 1. The van der Waals surface area contributed by atoms with E-state index in [1.54, 1.807) is 0 Å². The Hall–Kier alpha value is 0.440. The second kappa shape index (κ2) is 4.79. The maximum atomic E-state index is 3.59. The molecule has 1 atom stereocenters. The lowest BCUT2D eigenvalue weighted by Crippen LogP contribution is -2.41. The molecule has 1 saturated heterocycles. The van der Waals surface area contributed by atoms with E-state index in [1.807, 2.05) is 0 Å². The molecule has 1 heterocycles. The largest absolute Gasteiger partial charge is 0.298 e. The molecule has 0 saturated carbocycles. The molecule has 0 amide bonds. The van der Waals surface area contributed by atoms with Gasteiger partial charge in [0.1, 0.15) is 0 Å². The Bertz CT molecular complexity index is 152. The summed E-state index contributed by atoms with van der Waals surface area (Å²) in [5.74, 6) is 0.831. The third-order valence-corrected chi connectivity index (χ3v) is 4.26.